The summed E-state index contributed by atoms with van der Waals surface area (Å²) in [4.78, 5) is 23.9. The summed E-state index contributed by atoms with van der Waals surface area (Å²) >= 11 is 0. The number of hydrogen-bond donors (Lipinski definition) is 1. The molecular weight excluding hydrogens is 349 g/mol. The Bertz CT molecular complexity index is 831. The van der Waals surface area contributed by atoms with Crippen molar-refractivity contribution in [1.82, 2.24) is 0 Å². The first-order chi connectivity index (χ1) is 12.9. The van der Waals surface area contributed by atoms with Crippen LogP contribution in [0.5, 0.6) is 5.75 Å². The van der Waals surface area contributed by atoms with E-state index in [9.17, 15) is 14.0 Å². The Morgan fingerprint density at radius 1 is 1.19 bits per heavy atom. The van der Waals surface area contributed by atoms with Gasteiger partial charge in [0.15, 0.2) is 6.10 Å². The Morgan fingerprint density at radius 3 is 2.52 bits per heavy atom. The van der Waals surface area contributed by atoms with Gasteiger partial charge in [0.1, 0.15) is 11.6 Å². The van der Waals surface area contributed by atoms with Gasteiger partial charge in [0.25, 0.3) is 5.91 Å². The van der Waals surface area contributed by atoms with Crippen LogP contribution in [0.15, 0.2) is 48.5 Å². The van der Waals surface area contributed by atoms with Gasteiger partial charge in [-0.25, -0.2) is 9.18 Å². The molecule has 0 unspecified atom stereocenters. The fourth-order valence-electron chi connectivity index (χ4n) is 2.19. The Balaban J connectivity index is 1.88. The largest absolute Gasteiger partial charge is 0.494 e. The maximum absolute atomic E-state index is 13.5. The van der Waals surface area contributed by atoms with Gasteiger partial charge in [-0.3, -0.25) is 4.79 Å². The molecule has 0 heterocycles. The van der Waals surface area contributed by atoms with Gasteiger partial charge in [-0.15, -0.1) is 0 Å². The van der Waals surface area contributed by atoms with Gasteiger partial charge >= 0.3 is 5.97 Å². The van der Waals surface area contributed by atoms with Crippen molar-refractivity contribution < 1.29 is 23.5 Å². The lowest BCUT2D eigenvalue weighted by molar-refractivity contribution is -0.148. The van der Waals surface area contributed by atoms with Crippen LogP contribution in [0.1, 0.15) is 25.0 Å². The van der Waals surface area contributed by atoms with E-state index in [-0.39, 0.29) is 0 Å². The summed E-state index contributed by atoms with van der Waals surface area (Å²) < 4.78 is 23.9. The third kappa shape index (κ3) is 6.26. The van der Waals surface area contributed by atoms with Crippen molar-refractivity contribution in [1.29, 1.82) is 0 Å². The average molecular weight is 371 g/mol. The van der Waals surface area contributed by atoms with E-state index in [1.807, 2.05) is 6.92 Å². The number of rotatable bonds is 7. The molecule has 2 rings (SSSR count). The summed E-state index contributed by atoms with van der Waals surface area (Å²) in [5.74, 6) is -0.867. The Morgan fingerprint density at radius 2 is 1.89 bits per heavy atom. The second kappa shape index (κ2) is 9.52. The van der Waals surface area contributed by atoms with E-state index < -0.39 is 23.8 Å². The number of hydrogen-bond acceptors (Lipinski definition) is 4. The molecular formula is C21H22FNO4. The van der Waals surface area contributed by atoms with E-state index >= 15 is 0 Å². The topological polar surface area (TPSA) is 64.6 Å². The summed E-state index contributed by atoms with van der Waals surface area (Å²) in [6.45, 7) is 5.55. The number of benzene rings is 2. The SMILES string of the molecule is CCOc1ccc(/C=C/C(=O)O[C@H](C)C(=O)Nc2ccc(C)c(F)c2)cc1. The van der Waals surface area contributed by atoms with Gasteiger partial charge in [0, 0.05) is 11.8 Å². The molecule has 0 bridgehead atoms. The maximum atomic E-state index is 13.5. The molecule has 0 radical (unpaired) electrons. The highest BCUT2D eigenvalue weighted by molar-refractivity contribution is 5.96. The molecule has 6 heteroatoms. The number of halogens is 1. The van der Waals surface area contributed by atoms with Gasteiger partial charge in [-0.05, 0) is 62.2 Å². The highest BCUT2D eigenvalue weighted by atomic mass is 19.1. The maximum Gasteiger partial charge on any atom is 0.331 e. The van der Waals surface area contributed by atoms with E-state index in [0.717, 1.165) is 11.3 Å². The first kappa shape index (κ1) is 20.2. The number of anilines is 1. The summed E-state index contributed by atoms with van der Waals surface area (Å²) in [5, 5.41) is 2.51. The summed E-state index contributed by atoms with van der Waals surface area (Å²) in [6, 6.07) is 11.6. The molecule has 0 aliphatic heterocycles. The fourth-order valence-corrected chi connectivity index (χ4v) is 2.19. The second-order valence-electron chi connectivity index (χ2n) is 5.87. The number of aryl methyl sites for hydroxylation is 1. The highest BCUT2D eigenvalue weighted by Crippen LogP contribution is 2.15. The molecule has 1 amide bonds. The molecule has 1 atom stereocenters. The number of amides is 1. The van der Waals surface area contributed by atoms with Crippen molar-refractivity contribution in [2.75, 3.05) is 11.9 Å². The van der Waals surface area contributed by atoms with Crippen LogP contribution in [0.4, 0.5) is 10.1 Å². The molecule has 0 aliphatic carbocycles. The third-order valence-corrected chi connectivity index (χ3v) is 3.70. The molecule has 0 fully saturated rings. The normalized spacial score (nSPS) is 11.9. The molecule has 27 heavy (non-hydrogen) atoms. The van der Waals surface area contributed by atoms with Crippen LogP contribution < -0.4 is 10.1 Å². The number of carbonyl (C=O) groups excluding carboxylic acids is 2. The van der Waals surface area contributed by atoms with Crippen molar-refractivity contribution in [3.63, 3.8) is 0 Å². The molecule has 0 aliphatic rings. The molecule has 1 N–H and O–H groups in total. The number of nitrogens with one attached hydrogen (secondary N) is 1. The van der Waals surface area contributed by atoms with E-state index in [0.29, 0.717) is 17.9 Å². The monoisotopic (exact) mass is 371 g/mol. The Labute approximate surface area is 157 Å². The van der Waals surface area contributed by atoms with Gasteiger partial charge in [0.05, 0.1) is 6.61 Å². The van der Waals surface area contributed by atoms with E-state index in [4.69, 9.17) is 9.47 Å². The van der Waals surface area contributed by atoms with Crippen LogP contribution in [-0.2, 0) is 14.3 Å². The first-order valence-corrected chi connectivity index (χ1v) is 8.57. The zero-order valence-electron chi connectivity index (χ0n) is 15.5. The second-order valence-corrected chi connectivity index (χ2v) is 5.87. The van der Waals surface area contributed by atoms with Crippen molar-refractivity contribution in [2.45, 2.75) is 26.9 Å². The van der Waals surface area contributed by atoms with Gasteiger partial charge in [0.2, 0.25) is 0 Å². The number of carbonyl (C=O) groups is 2. The molecule has 0 spiro atoms. The Kier molecular flexibility index (Phi) is 7.11. The van der Waals surface area contributed by atoms with Crippen LogP contribution in [0, 0.1) is 12.7 Å². The van der Waals surface area contributed by atoms with Gasteiger partial charge < -0.3 is 14.8 Å². The minimum atomic E-state index is -1.02. The molecule has 5 nitrogen and oxygen atoms in total. The third-order valence-electron chi connectivity index (χ3n) is 3.70. The smallest absolute Gasteiger partial charge is 0.331 e. The van der Waals surface area contributed by atoms with E-state index in [1.165, 1.54) is 19.1 Å². The van der Waals surface area contributed by atoms with Crippen molar-refractivity contribution in [3.8, 4) is 5.75 Å². The minimum absolute atomic E-state index is 0.302. The summed E-state index contributed by atoms with van der Waals surface area (Å²) in [6.07, 6.45) is 1.80. The lowest BCUT2D eigenvalue weighted by Crippen LogP contribution is -2.29. The first-order valence-electron chi connectivity index (χ1n) is 8.57. The Hall–Kier alpha value is -3.15. The zero-order chi connectivity index (χ0) is 19.8. The van der Waals surface area contributed by atoms with Gasteiger partial charge in [-0.1, -0.05) is 18.2 Å². The molecule has 0 saturated carbocycles. The molecule has 2 aromatic rings. The van der Waals surface area contributed by atoms with Crippen LogP contribution in [-0.4, -0.2) is 24.6 Å². The molecule has 0 saturated heterocycles. The molecule has 0 aromatic heterocycles. The lowest BCUT2D eigenvalue weighted by Gasteiger charge is -2.12. The molecule has 2 aromatic carbocycles. The van der Waals surface area contributed by atoms with Crippen LogP contribution in [0.2, 0.25) is 0 Å². The van der Waals surface area contributed by atoms with Crippen molar-refractivity contribution >= 4 is 23.6 Å². The van der Waals surface area contributed by atoms with Crippen molar-refractivity contribution in [3.05, 3.63) is 65.5 Å². The van der Waals surface area contributed by atoms with Gasteiger partial charge in [-0.2, -0.15) is 0 Å². The average Bonchev–Trinajstić information content (AvgIpc) is 2.64. The standard InChI is InChI=1S/C21H22FNO4/c1-4-26-18-10-6-16(7-11-18)8-12-20(24)27-15(3)21(25)23-17-9-5-14(2)19(22)13-17/h5-13,15H,4H2,1-3H3,(H,23,25)/b12-8+/t15-/m1/s1. The van der Waals surface area contributed by atoms with E-state index in [1.54, 1.807) is 49.4 Å². The quantitative estimate of drug-likeness (QED) is 0.587. The lowest BCUT2D eigenvalue weighted by atomic mass is 10.2. The zero-order valence-corrected chi connectivity index (χ0v) is 15.5. The molecule has 142 valence electrons. The predicted molar refractivity (Wildman–Crippen MR) is 102 cm³/mol. The van der Waals surface area contributed by atoms with Crippen LogP contribution in [0.25, 0.3) is 6.08 Å². The highest BCUT2D eigenvalue weighted by Gasteiger charge is 2.17. The fraction of sp³-hybridized carbons (Fsp3) is 0.238. The number of esters is 1. The van der Waals surface area contributed by atoms with Crippen LogP contribution in [0.3, 0.4) is 0 Å². The minimum Gasteiger partial charge on any atom is -0.494 e. The summed E-state index contributed by atoms with van der Waals surface area (Å²) in [5.41, 5.74) is 1.57. The number of ether oxygens (including phenoxy) is 2. The van der Waals surface area contributed by atoms with Crippen molar-refractivity contribution in [2.24, 2.45) is 0 Å². The van der Waals surface area contributed by atoms with E-state index in [2.05, 4.69) is 5.32 Å². The predicted octanol–water partition coefficient (Wildman–Crippen LogP) is 4.12. The van der Waals surface area contributed by atoms with Crippen LogP contribution >= 0.6 is 0 Å². The summed E-state index contributed by atoms with van der Waals surface area (Å²) in [7, 11) is 0.